The number of aromatic nitrogens is 2. The minimum Gasteiger partial charge on any atom is -0.342 e. The third-order valence-corrected chi connectivity index (χ3v) is 2.59. The van der Waals surface area contributed by atoms with Gasteiger partial charge in [0.15, 0.2) is 0 Å². The summed E-state index contributed by atoms with van der Waals surface area (Å²) in [7, 11) is 0. The number of rotatable bonds is 5. The molecule has 0 fully saturated rings. The van der Waals surface area contributed by atoms with E-state index in [-0.39, 0.29) is 0 Å². The minimum absolute atomic E-state index is 0.498. The number of imidazole rings is 1. The molecule has 1 rings (SSSR count). The van der Waals surface area contributed by atoms with Crippen LogP contribution in [0.15, 0.2) is 0 Å². The van der Waals surface area contributed by atoms with Gasteiger partial charge >= 0.3 is 0 Å². The van der Waals surface area contributed by atoms with Gasteiger partial charge in [-0.2, -0.15) is 0 Å². The van der Waals surface area contributed by atoms with Crippen LogP contribution < -0.4 is 10.7 Å². The van der Waals surface area contributed by atoms with Crippen LogP contribution in [0, 0.1) is 0 Å². The van der Waals surface area contributed by atoms with Gasteiger partial charge in [0.2, 0.25) is 0 Å². The van der Waals surface area contributed by atoms with Crippen molar-refractivity contribution in [2.24, 2.45) is 0 Å². The lowest BCUT2D eigenvalue weighted by atomic mass is 10.0. The van der Waals surface area contributed by atoms with Gasteiger partial charge in [-0.15, -0.1) is 0 Å². The quantitative estimate of drug-likeness (QED) is 0.709. The Balaban J connectivity index is 2.56. The second-order valence-corrected chi connectivity index (χ2v) is 3.94. The molecule has 1 unspecified atom stereocenters. The molecule has 1 N–H and O–H groups in total. The summed E-state index contributed by atoms with van der Waals surface area (Å²) in [6.07, 6.45) is 5.04. The van der Waals surface area contributed by atoms with Gasteiger partial charge in [-0.05, 0) is 6.42 Å². The summed E-state index contributed by atoms with van der Waals surface area (Å²) in [5.74, 6) is 1.54. The number of aromatic amines is 1. The molecule has 1 aromatic rings. The van der Waals surface area contributed by atoms with E-state index in [9.17, 15) is 0 Å². The fourth-order valence-electron chi connectivity index (χ4n) is 1.54. The van der Waals surface area contributed by atoms with Gasteiger partial charge < -0.3 is 4.98 Å². The largest absolute Gasteiger partial charge is 0.342 e. The molecule has 1 heterocycles. The summed E-state index contributed by atoms with van der Waals surface area (Å²) in [5.41, 5.74) is 0. The zero-order valence-corrected chi connectivity index (χ0v) is 9.27. The lowest BCUT2D eigenvalue weighted by Gasteiger charge is -2.06. The molecule has 0 amide bonds. The van der Waals surface area contributed by atoms with Gasteiger partial charge in [0, 0.05) is 5.92 Å². The molecule has 1 aromatic heterocycles. The van der Waals surface area contributed by atoms with Crippen molar-refractivity contribution in [3.8, 4) is 0 Å². The number of unbranched alkanes of at least 4 members (excludes halogenated alkanes) is 2. The first-order valence-corrected chi connectivity index (χ1v) is 5.39. The average molecular weight is 192 g/mol. The lowest BCUT2D eigenvalue weighted by molar-refractivity contribution is 0.579. The highest BCUT2D eigenvalue weighted by molar-refractivity contribution is 5.07. The predicted molar refractivity (Wildman–Crippen MR) is 61.4 cm³/mol. The first kappa shape index (κ1) is 11.0. The van der Waals surface area contributed by atoms with E-state index in [1.54, 1.807) is 0 Å². The smallest absolute Gasteiger partial charge is 0.110 e. The summed E-state index contributed by atoms with van der Waals surface area (Å²) in [5, 5.41) is 1.63. The van der Waals surface area contributed by atoms with Gasteiger partial charge in [0.05, 0.1) is 10.7 Å². The maximum absolute atomic E-state index is 4.36. The molecule has 2 heteroatoms. The summed E-state index contributed by atoms with van der Waals surface area (Å²) < 4.78 is 0. The minimum atomic E-state index is 0.498. The number of hydrogen-bond acceptors (Lipinski definition) is 1. The first-order valence-electron chi connectivity index (χ1n) is 5.39. The van der Waals surface area contributed by atoms with Crippen molar-refractivity contribution >= 4 is 13.2 Å². The molecule has 0 saturated carbocycles. The van der Waals surface area contributed by atoms with E-state index < -0.39 is 0 Å². The molecule has 0 radical (unpaired) electrons. The van der Waals surface area contributed by atoms with E-state index in [0.29, 0.717) is 5.92 Å². The van der Waals surface area contributed by atoms with E-state index in [1.807, 2.05) is 0 Å². The highest BCUT2D eigenvalue weighted by Crippen LogP contribution is 2.16. The van der Waals surface area contributed by atoms with E-state index in [2.05, 4.69) is 37.0 Å². The zero-order chi connectivity index (χ0) is 10.6. The summed E-state index contributed by atoms with van der Waals surface area (Å²) >= 11 is 0. The van der Waals surface area contributed by atoms with E-state index in [4.69, 9.17) is 0 Å². The van der Waals surface area contributed by atoms with Crippen LogP contribution in [0.5, 0.6) is 0 Å². The van der Waals surface area contributed by atoms with Crippen molar-refractivity contribution < 1.29 is 0 Å². The molecule has 0 aliphatic heterocycles. The monoisotopic (exact) mass is 192 g/mol. The Labute approximate surface area is 85.8 Å². The molecule has 1 atom stereocenters. The molecule has 0 aliphatic rings. The van der Waals surface area contributed by atoms with Crippen LogP contribution in [0.4, 0.5) is 0 Å². The Hall–Kier alpha value is -1.05. The molecule has 0 aliphatic carbocycles. The Kier molecular flexibility index (Phi) is 3.93. The Morgan fingerprint density at radius 1 is 1.36 bits per heavy atom. The number of nitrogens with zero attached hydrogens (tertiary/aromatic N) is 1. The van der Waals surface area contributed by atoms with Crippen molar-refractivity contribution in [1.29, 1.82) is 0 Å². The van der Waals surface area contributed by atoms with E-state index >= 15 is 0 Å². The molecule has 0 bridgehead atoms. The molecule has 0 aromatic carbocycles. The van der Waals surface area contributed by atoms with Crippen molar-refractivity contribution in [3.63, 3.8) is 0 Å². The maximum atomic E-state index is 4.36. The van der Waals surface area contributed by atoms with Gasteiger partial charge in [-0.1, -0.05) is 46.3 Å². The maximum Gasteiger partial charge on any atom is 0.110 e. The predicted octanol–water partition coefficient (Wildman–Crippen LogP) is 1.91. The van der Waals surface area contributed by atoms with Crippen LogP contribution >= 0.6 is 0 Å². The number of hydrogen-bond donors (Lipinski definition) is 1. The van der Waals surface area contributed by atoms with E-state index in [0.717, 1.165) is 16.5 Å². The summed E-state index contributed by atoms with van der Waals surface area (Å²) in [6.45, 7) is 12.1. The Bertz CT molecular complexity index is 337. The molecule has 0 saturated heterocycles. The molecule has 2 nitrogen and oxygen atoms in total. The van der Waals surface area contributed by atoms with Crippen molar-refractivity contribution in [1.82, 2.24) is 9.97 Å². The summed E-state index contributed by atoms with van der Waals surface area (Å²) in [6, 6.07) is 0. The zero-order valence-electron chi connectivity index (χ0n) is 9.27. The molecular formula is C12H20N2. The fraction of sp³-hybridized carbons (Fsp3) is 0.583. The van der Waals surface area contributed by atoms with Crippen LogP contribution in [0.1, 0.15) is 51.3 Å². The highest BCUT2D eigenvalue weighted by atomic mass is 14.9. The fourth-order valence-corrected chi connectivity index (χ4v) is 1.54. The number of H-pyrrole nitrogens is 1. The Morgan fingerprint density at radius 2 is 2.07 bits per heavy atom. The van der Waals surface area contributed by atoms with E-state index in [1.165, 1.54) is 25.7 Å². The molecular weight excluding hydrogens is 172 g/mol. The lowest BCUT2D eigenvalue weighted by Crippen LogP contribution is -2.19. The SMILES string of the molecule is C=c1nc(C(C)CCCCC)[nH]c1=C. The average Bonchev–Trinajstić information content (AvgIpc) is 2.47. The highest BCUT2D eigenvalue weighted by Gasteiger charge is 2.07. The third kappa shape index (κ3) is 2.72. The van der Waals surface area contributed by atoms with Crippen molar-refractivity contribution in [3.05, 3.63) is 16.5 Å². The van der Waals surface area contributed by atoms with Gasteiger partial charge in [-0.3, -0.25) is 0 Å². The summed E-state index contributed by atoms with van der Waals surface area (Å²) in [4.78, 5) is 7.55. The number of nitrogens with one attached hydrogen (secondary N) is 1. The topological polar surface area (TPSA) is 28.7 Å². The first-order chi connectivity index (χ1) is 6.65. The third-order valence-electron chi connectivity index (χ3n) is 2.59. The molecule has 14 heavy (non-hydrogen) atoms. The van der Waals surface area contributed by atoms with Crippen molar-refractivity contribution in [2.45, 2.75) is 45.4 Å². The standard InChI is InChI=1S/C12H20N2/c1-5-6-7-8-9(2)12-13-10(3)11(4)14-12/h9H,3-8H2,1-2H3,(H,13,14). The van der Waals surface area contributed by atoms with Gasteiger partial charge in [0.1, 0.15) is 5.82 Å². The second-order valence-electron chi connectivity index (χ2n) is 3.94. The van der Waals surface area contributed by atoms with Gasteiger partial charge in [0.25, 0.3) is 0 Å². The normalized spacial score (nSPS) is 13.0. The van der Waals surface area contributed by atoms with Crippen LogP contribution in [0.25, 0.3) is 13.2 Å². The van der Waals surface area contributed by atoms with Crippen LogP contribution in [0.2, 0.25) is 0 Å². The van der Waals surface area contributed by atoms with Crippen LogP contribution in [0.3, 0.4) is 0 Å². The van der Waals surface area contributed by atoms with Crippen LogP contribution in [-0.2, 0) is 0 Å². The second kappa shape index (κ2) is 4.99. The Morgan fingerprint density at radius 3 is 2.57 bits per heavy atom. The van der Waals surface area contributed by atoms with Crippen molar-refractivity contribution in [2.75, 3.05) is 0 Å². The van der Waals surface area contributed by atoms with Crippen LogP contribution in [-0.4, -0.2) is 9.97 Å². The molecule has 78 valence electrons. The molecule has 0 spiro atoms. The van der Waals surface area contributed by atoms with Gasteiger partial charge in [-0.25, -0.2) is 4.98 Å².